The molecule has 0 saturated carbocycles. The molecule has 4 heteroatoms. The number of para-hydroxylation sites is 2. The van der Waals surface area contributed by atoms with Gasteiger partial charge in [0.05, 0.1) is 19.8 Å². The molecule has 1 fully saturated rings. The van der Waals surface area contributed by atoms with Gasteiger partial charge in [0.2, 0.25) is 0 Å². The number of methoxy groups -OCH3 is 1. The molecule has 4 nitrogen and oxygen atoms in total. The average molecular weight is 251 g/mol. The van der Waals surface area contributed by atoms with E-state index in [1.807, 2.05) is 24.3 Å². The van der Waals surface area contributed by atoms with Gasteiger partial charge in [0.25, 0.3) is 0 Å². The largest absolute Gasteiger partial charge is 0.493 e. The molecule has 0 radical (unpaired) electrons. The Kier molecular flexibility index (Phi) is 4.84. The average Bonchev–Trinajstić information content (AvgIpc) is 2.93. The number of aliphatic hydroxyl groups excluding tert-OH is 1. The first kappa shape index (κ1) is 13.2. The van der Waals surface area contributed by atoms with Gasteiger partial charge in [0.1, 0.15) is 0 Å². The Labute approximate surface area is 108 Å². The van der Waals surface area contributed by atoms with Crippen molar-refractivity contribution in [2.45, 2.75) is 31.4 Å². The first-order valence-electron chi connectivity index (χ1n) is 6.48. The maximum Gasteiger partial charge on any atom is 0.161 e. The lowest BCUT2D eigenvalue weighted by atomic mass is 10.1. The zero-order chi connectivity index (χ0) is 12.8. The molecule has 0 spiro atoms. The van der Waals surface area contributed by atoms with E-state index >= 15 is 0 Å². The van der Waals surface area contributed by atoms with E-state index in [9.17, 15) is 5.11 Å². The SMILES string of the molecule is COc1ccccc1OCCC(O)C1CCCN1. The molecular formula is C14H21NO3. The Balaban J connectivity index is 1.77. The van der Waals surface area contributed by atoms with Crippen LogP contribution in [0.4, 0.5) is 0 Å². The number of rotatable bonds is 6. The third kappa shape index (κ3) is 3.37. The summed E-state index contributed by atoms with van der Waals surface area (Å²) in [5, 5.41) is 13.3. The van der Waals surface area contributed by atoms with Crippen molar-refractivity contribution in [1.29, 1.82) is 0 Å². The minimum absolute atomic E-state index is 0.228. The van der Waals surface area contributed by atoms with E-state index in [0.717, 1.165) is 30.9 Å². The van der Waals surface area contributed by atoms with Crippen molar-refractivity contribution in [1.82, 2.24) is 5.32 Å². The molecule has 1 aromatic carbocycles. The maximum absolute atomic E-state index is 9.98. The van der Waals surface area contributed by atoms with E-state index in [-0.39, 0.29) is 12.1 Å². The van der Waals surface area contributed by atoms with Crippen molar-refractivity contribution in [2.24, 2.45) is 0 Å². The van der Waals surface area contributed by atoms with Crippen LogP contribution >= 0.6 is 0 Å². The molecule has 0 aromatic heterocycles. The highest BCUT2D eigenvalue weighted by molar-refractivity contribution is 5.39. The van der Waals surface area contributed by atoms with E-state index in [2.05, 4.69) is 5.32 Å². The lowest BCUT2D eigenvalue weighted by Crippen LogP contribution is -2.35. The van der Waals surface area contributed by atoms with Crippen LogP contribution in [0.1, 0.15) is 19.3 Å². The second-order valence-corrected chi connectivity index (χ2v) is 4.56. The van der Waals surface area contributed by atoms with Crippen molar-refractivity contribution in [3.63, 3.8) is 0 Å². The Bertz CT molecular complexity index is 364. The van der Waals surface area contributed by atoms with Crippen LogP contribution in [0.25, 0.3) is 0 Å². The van der Waals surface area contributed by atoms with E-state index in [1.165, 1.54) is 0 Å². The van der Waals surface area contributed by atoms with Gasteiger partial charge >= 0.3 is 0 Å². The highest BCUT2D eigenvalue weighted by Gasteiger charge is 2.22. The van der Waals surface area contributed by atoms with E-state index in [0.29, 0.717) is 13.0 Å². The molecule has 2 unspecified atom stereocenters. The van der Waals surface area contributed by atoms with E-state index in [4.69, 9.17) is 9.47 Å². The fraction of sp³-hybridized carbons (Fsp3) is 0.571. The van der Waals surface area contributed by atoms with Crippen LogP contribution in [0.3, 0.4) is 0 Å². The molecule has 1 saturated heterocycles. The molecule has 0 bridgehead atoms. The molecule has 1 aromatic rings. The molecule has 1 heterocycles. The Morgan fingerprint density at radius 1 is 1.39 bits per heavy atom. The molecule has 2 rings (SSSR count). The molecule has 0 amide bonds. The van der Waals surface area contributed by atoms with Gasteiger partial charge in [-0.15, -0.1) is 0 Å². The first-order valence-corrected chi connectivity index (χ1v) is 6.48. The van der Waals surface area contributed by atoms with Crippen LogP contribution in [0.5, 0.6) is 11.5 Å². The number of hydrogen-bond donors (Lipinski definition) is 2. The molecule has 2 atom stereocenters. The van der Waals surface area contributed by atoms with Gasteiger partial charge in [-0.3, -0.25) is 0 Å². The van der Waals surface area contributed by atoms with Crippen molar-refractivity contribution in [3.8, 4) is 11.5 Å². The molecule has 0 aliphatic carbocycles. The lowest BCUT2D eigenvalue weighted by Gasteiger charge is -2.18. The fourth-order valence-electron chi connectivity index (χ4n) is 2.27. The van der Waals surface area contributed by atoms with Gasteiger partial charge in [-0.2, -0.15) is 0 Å². The highest BCUT2D eigenvalue weighted by atomic mass is 16.5. The minimum atomic E-state index is -0.331. The number of nitrogens with one attached hydrogen (secondary N) is 1. The van der Waals surface area contributed by atoms with Crippen molar-refractivity contribution >= 4 is 0 Å². The van der Waals surface area contributed by atoms with Gasteiger partial charge in [-0.05, 0) is 31.5 Å². The molecule has 100 valence electrons. The predicted octanol–water partition coefficient (Wildman–Crippen LogP) is 1.58. The molecular weight excluding hydrogens is 230 g/mol. The van der Waals surface area contributed by atoms with Crippen molar-refractivity contribution in [2.75, 3.05) is 20.3 Å². The highest BCUT2D eigenvalue weighted by Crippen LogP contribution is 2.26. The monoisotopic (exact) mass is 251 g/mol. The lowest BCUT2D eigenvalue weighted by molar-refractivity contribution is 0.106. The molecule has 1 aliphatic heterocycles. The Morgan fingerprint density at radius 2 is 2.17 bits per heavy atom. The number of aliphatic hydroxyl groups is 1. The van der Waals surface area contributed by atoms with E-state index < -0.39 is 0 Å². The summed E-state index contributed by atoms with van der Waals surface area (Å²) in [5.74, 6) is 1.46. The Morgan fingerprint density at radius 3 is 2.83 bits per heavy atom. The van der Waals surface area contributed by atoms with Gasteiger partial charge in [-0.1, -0.05) is 12.1 Å². The molecule has 2 N–H and O–H groups in total. The first-order chi connectivity index (χ1) is 8.81. The summed E-state index contributed by atoms with van der Waals surface area (Å²) in [6.07, 6.45) is 2.50. The number of hydrogen-bond acceptors (Lipinski definition) is 4. The smallest absolute Gasteiger partial charge is 0.161 e. The van der Waals surface area contributed by atoms with Gasteiger partial charge < -0.3 is 19.9 Å². The summed E-state index contributed by atoms with van der Waals surface area (Å²) in [5.41, 5.74) is 0. The second-order valence-electron chi connectivity index (χ2n) is 4.56. The molecule has 1 aliphatic rings. The van der Waals surface area contributed by atoms with Crippen LogP contribution in [-0.4, -0.2) is 37.5 Å². The second kappa shape index (κ2) is 6.61. The normalized spacial score (nSPS) is 20.7. The third-order valence-electron chi connectivity index (χ3n) is 3.30. The summed E-state index contributed by atoms with van der Waals surface area (Å²) in [7, 11) is 1.62. The number of benzene rings is 1. The summed E-state index contributed by atoms with van der Waals surface area (Å²) in [6.45, 7) is 1.51. The van der Waals surface area contributed by atoms with E-state index in [1.54, 1.807) is 7.11 Å². The quantitative estimate of drug-likeness (QED) is 0.806. The maximum atomic E-state index is 9.98. The topological polar surface area (TPSA) is 50.7 Å². The van der Waals surface area contributed by atoms with Crippen molar-refractivity contribution in [3.05, 3.63) is 24.3 Å². The fourth-order valence-corrected chi connectivity index (χ4v) is 2.27. The van der Waals surface area contributed by atoms with Gasteiger partial charge in [0, 0.05) is 12.5 Å². The third-order valence-corrected chi connectivity index (χ3v) is 3.30. The van der Waals surface area contributed by atoms with Crippen LogP contribution in [0, 0.1) is 0 Å². The zero-order valence-corrected chi connectivity index (χ0v) is 10.8. The number of ether oxygens (including phenoxy) is 2. The van der Waals surface area contributed by atoms with Gasteiger partial charge in [-0.25, -0.2) is 0 Å². The minimum Gasteiger partial charge on any atom is -0.493 e. The summed E-state index contributed by atoms with van der Waals surface area (Å²) >= 11 is 0. The van der Waals surface area contributed by atoms with Gasteiger partial charge in [0.15, 0.2) is 11.5 Å². The van der Waals surface area contributed by atoms with Crippen LogP contribution in [0.15, 0.2) is 24.3 Å². The zero-order valence-electron chi connectivity index (χ0n) is 10.8. The summed E-state index contributed by atoms with van der Waals surface area (Å²) in [6, 6.07) is 7.78. The van der Waals surface area contributed by atoms with Crippen LogP contribution in [0.2, 0.25) is 0 Å². The summed E-state index contributed by atoms with van der Waals surface area (Å²) < 4.78 is 10.8. The van der Waals surface area contributed by atoms with Crippen molar-refractivity contribution < 1.29 is 14.6 Å². The predicted molar refractivity (Wildman–Crippen MR) is 70.1 cm³/mol. The van der Waals surface area contributed by atoms with Crippen LogP contribution in [-0.2, 0) is 0 Å². The standard InChI is InChI=1S/C14H21NO3/c1-17-13-6-2-3-7-14(13)18-10-8-12(16)11-5-4-9-15-11/h2-3,6-7,11-12,15-16H,4-5,8-10H2,1H3. The van der Waals surface area contributed by atoms with Crippen LogP contribution < -0.4 is 14.8 Å². The summed E-state index contributed by atoms with van der Waals surface area (Å²) in [4.78, 5) is 0. The Hall–Kier alpha value is -1.26. The molecule has 18 heavy (non-hydrogen) atoms.